The van der Waals surface area contributed by atoms with Gasteiger partial charge in [-0.15, -0.1) is 0 Å². The van der Waals surface area contributed by atoms with Crippen LogP contribution in [0.5, 0.6) is 0 Å². The van der Waals surface area contributed by atoms with Crippen LogP contribution in [-0.2, 0) is 0 Å². The van der Waals surface area contributed by atoms with E-state index in [2.05, 4.69) is 27.3 Å². The molecule has 0 amide bonds. The number of nitrogens with zero attached hydrogens (tertiary/aromatic N) is 4. The molecule has 5 heteroatoms. The molecule has 0 radical (unpaired) electrons. The molecule has 1 atom stereocenters. The monoisotopic (exact) mass is 271 g/mol. The average Bonchev–Trinajstić information content (AvgIpc) is 2.66. The van der Waals surface area contributed by atoms with Crippen molar-refractivity contribution in [2.45, 2.75) is 46.1 Å². The summed E-state index contributed by atoms with van der Waals surface area (Å²) in [5.74, 6) is 2.37. The molecular formula is C15H21N5. The first kappa shape index (κ1) is 13.1. The van der Waals surface area contributed by atoms with Crippen LogP contribution in [0, 0.1) is 19.8 Å². The lowest BCUT2D eigenvalue weighted by Crippen LogP contribution is -2.31. The standard InChI is InChI=1S/C15H21N5/c1-10-7-11(2)20(19-10)15-9-16-8-14(18-15)17-12(3)13-5-4-6-13/h7-9,12-13H,4-6H2,1-3H3,(H,17,18). The molecule has 1 N–H and O–H groups in total. The predicted octanol–water partition coefficient (Wildman–Crippen LogP) is 2.88. The van der Waals surface area contributed by atoms with Crippen LogP contribution in [0.1, 0.15) is 37.6 Å². The molecule has 1 aliphatic rings. The SMILES string of the molecule is Cc1cc(C)n(-c2cncc(NC(C)C3CCC3)n2)n1. The minimum Gasteiger partial charge on any atom is -0.366 e. The summed E-state index contributed by atoms with van der Waals surface area (Å²) in [6.45, 7) is 6.23. The van der Waals surface area contributed by atoms with E-state index in [1.54, 1.807) is 12.4 Å². The van der Waals surface area contributed by atoms with Gasteiger partial charge in [-0.05, 0) is 45.6 Å². The molecular weight excluding hydrogens is 250 g/mol. The normalized spacial score (nSPS) is 16.8. The first-order valence-corrected chi connectivity index (χ1v) is 7.25. The molecule has 106 valence electrons. The van der Waals surface area contributed by atoms with Crippen LogP contribution in [0.25, 0.3) is 5.82 Å². The van der Waals surface area contributed by atoms with Crippen molar-refractivity contribution in [1.29, 1.82) is 0 Å². The fraction of sp³-hybridized carbons (Fsp3) is 0.533. The van der Waals surface area contributed by atoms with Crippen molar-refractivity contribution in [1.82, 2.24) is 19.7 Å². The minimum atomic E-state index is 0.453. The molecule has 0 aromatic carbocycles. The summed E-state index contributed by atoms with van der Waals surface area (Å²) in [6, 6.07) is 2.49. The summed E-state index contributed by atoms with van der Waals surface area (Å²) < 4.78 is 1.83. The van der Waals surface area contributed by atoms with E-state index < -0.39 is 0 Å². The van der Waals surface area contributed by atoms with Crippen molar-refractivity contribution in [3.05, 3.63) is 29.8 Å². The van der Waals surface area contributed by atoms with Crippen LogP contribution < -0.4 is 5.32 Å². The van der Waals surface area contributed by atoms with Gasteiger partial charge in [-0.2, -0.15) is 5.10 Å². The van der Waals surface area contributed by atoms with Gasteiger partial charge in [0.05, 0.1) is 18.1 Å². The summed E-state index contributed by atoms with van der Waals surface area (Å²) >= 11 is 0. The molecule has 3 rings (SSSR count). The van der Waals surface area contributed by atoms with Crippen LogP contribution in [0.3, 0.4) is 0 Å². The van der Waals surface area contributed by atoms with Crippen molar-refractivity contribution in [3.8, 4) is 5.82 Å². The highest BCUT2D eigenvalue weighted by Gasteiger charge is 2.24. The summed E-state index contributed by atoms with van der Waals surface area (Å²) in [7, 11) is 0. The fourth-order valence-corrected chi connectivity index (χ4v) is 2.68. The Kier molecular flexibility index (Phi) is 3.42. The zero-order valence-corrected chi connectivity index (χ0v) is 12.3. The van der Waals surface area contributed by atoms with E-state index in [4.69, 9.17) is 0 Å². The zero-order chi connectivity index (χ0) is 14.1. The first-order valence-electron chi connectivity index (χ1n) is 7.25. The Morgan fingerprint density at radius 1 is 1.30 bits per heavy atom. The summed E-state index contributed by atoms with van der Waals surface area (Å²) in [6.07, 6.45) is 7.52. The topological polar surface area (TPSA) is 55.6 Å². The number of aromatic nitrogens is 4. The Bertz CT molecular complexity index is 600. The van der Waals surface area contributed by atoms with Gasteiger partial charge in [0.15, 0.2) is 5.82 Å². The molecule has 2 heterocycles. The molecule has 20 heavy (non-hydrogen) atoms. The van der Waals surface area contributed by atoms with E-state index in [9.17, 15) is 0 Å². The maximum Gasteiger partial charge on any atom is 0.174 e. The van der Waals surface area contributed by atoms with Gasteiger partial charge in [0.25, 0.3) is 0 Å². The second-order valence-corrected chi connectivity index (χ2v) is 5.73. The Hall–Kier alpha value is -1.91. The average molecular weight is 271 g/mol. The van der Waals surface area contributed by atoms with Gasteiger partial charge in [-0.3, -0.25) is 4.98 Å². The van der Waals surface area contributed by atoms with Gasteiger partial charge in [0.1, 0.15) is 5.82 Å². The highest BCUT2D eigenvalue weighted by atomic mass is 15.3. The molecule has 0 saturated heterocycles. The van der Waals surface area contributed by atoms with Crippen LogP contribution in [-0.4, -0.2) is 25.8 Å². The van der Waals surface area contributed by atoms with Gasteiger partial charge in [-0.1, -0.05) is 6.42 Å². The molecule has 1 saturated carbocycles. The molecule has 0 bridgehead atoms. The second kappa shape index (κ2) is 5.23. The molecule has 0 aliphatic heterocycles. The Labute approximate surface area is 119 Å². The van der Waals surface area contributed by atoms with E-state index in [1.807, 2.05) is 24.6 Å². The summed E-state index contributed by atoms with van der Waals surface area (Å²) in [5.41, 5.74) is 2.06. The first-order chi connectivity index (χ1) is 9.63. The zero-order valence-electron chi connectivity index (χ0n) is 12.3. The van der Waals surface area contributed by atoms with Gasteiger partial charge in [0, 0.05) is 11.7 Å². The molecule has 2 aromatic heterocycles. The molecule has 2 aromatic rings. The number of rotatable bonds is 4. The predicted molar refractivity (Wildman–Crippen MR) is 79.1 cm³/mol. The van der Waals surface area contributed by atoms with E-state index in [-0.39, 0.29) is 0 Å². The Morgan fingerprint density at radius 2 is 2.10 bits per heavy atom. The van der Waals surface area contributed by atoms with E-state index in [1.165, 1.54) is 19.3 Å². The van der Waals surface area contributed by atoms with Gasteiger partial charge in [0.2, 0.25) is 0 Å². The second-order valence-electron chi connectivity index (χ2n) is 5.73. The highest BCUT2D eigenvalue weighted by Crippen LogP contribution is 2.30. The van der Waals surface area contributed by atoms with Crippen LogP contribution >= 0.6 is 0 Å². The highest BCUT2D eigenvalue weighted by molar-refractivity contribution is 5.37. The number of anilines is 1. The third kappa shape index (κ3) is 2.53. The van der Waals surface area contributed by atoms with Gasteiger partial charge < -0.3 is 5.32 Å². The number of hydrogen-bond acceptors (Lipinski definition) is 4. The van der Waals surface area contributed by atoms with E-state index in [0.29, 0.717) is 6.04 Å². The quantitative estimate of drug-likeness (QED) is 0.929. The fourth-order valence-electron chi connectivity index (χ4n) is 2.68. The molecule has 1 fully saturated rings. The number of aryl methyl sites for hydroxylation is 2. The lowest BCUT2D eigenvalue weighted by atomic mass is 9.80. The van der Waals surface area contributed by atoms with Crippen molar-refractivity contribution >= 4 is 5.82 Å². The van der Waals surface area contributed by atoms with Crippen molar-refractivity contribution in [2.75, 3.05) is 5.32 Å². The Morgan fingerprint density at radius 3 is 2.70 bits per heavy atom. The number of nitrogens with one attached hydrogen (secondary N) is 1. The number of hydrogen-bond donors (Lipinski definition) is 1. The molecule has 1 unspecified atom stereocenters. The summed E-state index contributed by atoms with van der Waals surface area (Å²) in [4.78, 5) is 8.91. The van der Waals surface area contributed by atoms with Gasteiger partial charge >= 0.3 is 0 Å². The largest absolute Gasteiger partial charge is 0.366 e. The lowest BCUT2D eigenvalue weighted by molar-refractivity contribution is 0.285. The summed E-state index contributed by atoms with van der Waals surface area (Å²) in [5, 5.41) is 7.92. The molecule has 1 aliphatic carbocycles. The third-order valence-electron chi connectivity index (χ3n) is 4.08. The smallest absolute Gasteiger partial charge is 0.174 e. The lowest BCUT2D eigenvalue weighted by Gasteiger charge is -2.32. The Balaban J connectivity index is 1.80. The maximum absolute atomic E-state index is 4.62. The minimum absolute atomic E-state index is 0.453. The van der Waals surface area contributed by atoms with Crippen molar-refractivity contribution in [2.24, 2.45) is 5.92 Å². The van der Waals surface area contributed by atoms with Crippen LogP contribution in [0.2, 0.25) is 0 Å². The van der Waals surface area contributed by atoms with E-state index in [0.717, 1.165) is 28.9 Å². The maximum atomic E-state index is 4.62. The van der Waals surface area contributed by atoms with Crippen LogP contribution in [0.4, 0.5) is 5.82 Å². The molecule has 0 spiro atoms. The van der Waals surface area contributed by atoms with Crippen molar-refractivity contribution < 1.29 is 0 Å². The van der Waals surface area contributed by atoms with Gasteiger partial charge in [-0.25, -0.2) is 9.67 Å². The van der Waals surface area contributed by atoms with Crippen LogP contribution in [0.15, 0.2) is 18.5 Å². The third-order valence-corrected chi connectivity index (χ3v) is 4.08. The molecule has 5 nitrogen and oxygen atoms in total. The van der Waals surface area contributed by atoms with E-state index >= 15 is 0 Å². The van der Waals surface area contributed by atoms with Crippen molar-refractivity contribution in [3.63, 3.8) is 0 Å².